The van der Waals surface area contributed by atoms with Crippen LogP contribution in [0.3, 0.4) is 0 Å². The molecule has 2 atom stereocenters. The maximum absolute atomic E-state index is 12.4. The number of hydrogen-bond donors (Lipinski definition) is 2. The van der Waals surface area contributed by atoms with Gasteiger partial charge in [0.15, 0.2) is 0 Å². The van der Waals surface area contributed by atoms with E-state index in [0.29, 0.717) is 25.1 Å². The maximum atomic E-state index is 12.4. The first kappa shape index (κ1) is 16.0. The zero-order valence-corrected chi connectivity index (χ0v) is 13.4. The minimum Gasteiger partial charge on any atom is -0.481 e. The molecule has 0 aliphatic heterocycles. The molecule has 0 heterocycles. The van der Waals surface area contributed by atoms with Crippen LogP contribution >= 0.6 is 15.9 Å². The van der Waals surface area contributed by atoms with Crippen molar-refractivity contribution in [2.45, 2.75) is 25.9 Å². The molecular formula is C15H18BrNO4. The molecule has 1 aliphatic rings. The minimum atomic E-state index is -0.890. The molecule has 2 N–H and O–H groups in total. The van der Waals surface area contributed by atoms with Gasteiger partial charge in [0.05, 0.1) is 18.4 Å². The van der Waals surface area contributed by atoms with E-state index in [1.54, 1.807) is 13.2 Å². The number of nitrogens with one attached hydrogen (secondary N) is 1. The van der Waals surface area contributed by atoms with Crippen molar-refractivity contribution in [1.82, 2.24) is 0 Å². The van der Waals surface area contributed by atoms with Crippen LogP contribution in [0.4, 0.5) is 5.69 Å². The Balaban J connectivity index is 2.16. The predicted octanol–water partition coefficient (Wildman–Crippen LogP) is 3.03. The van der Waals surface area contributed by atoms with Crippen molar-refractivity contribution in [3.05, 3.63) is 28.2 Å². The third kappa shape index (κ3) is 3.63. The van der Waals surface area contributed by atoms with Gasteiger partial charge in [-0.3, -0.25) is 9.59 Å². The van der Waals surface area contributed by atoms with E-state index in [4.69, 9.17) is 4.74 Å². The number of amides is 1. The highest BCUT2D eigenvalue weighted by Crippen LogP contribution is 2.34. The van der Waals surface area contributed by atoms with Gasteiger partial charge in [-0.25, -0.2) is 0 Å². The summed E-state index contributed by atoms with van der Waals surface area (Å²) in [4.78, 5) is 23.6. The summed E-state index contributed by atoms with van der Waals surface area (Å²) in [6.07, 6.45) is 1.96. The van der Waals surface area contributed by atoms with E-state index >= 15 is 0 Å². The van der Waals surface area contributed by atoms with Gasteiger partial charge in [-0.2, -0.15) is 0 Å². The minimum absolute atomic E-state index is 0.227. The number of methoxy groups -OCH3 is 1. The molecule has 0 spiro atoms. The second-order valence-corrected chi connectivity index (χ2v) is 6.02. The zero-order valence-electron chi connectivity index (χ0n) is 11.8. The Morgan fingerprint density at radius 3 is 2.76 bits per heavy atom. The normalized spacial score (nSPS) is 21.2. The average molecular weight is 356 g/mol. The van der Waals surface area contributed by atoms with Gasteiger partial charge < -0.3 is 15.2 Å². The van der Waals surface area contributed by atoms with Gasteiger partial charge in [0.1, 0.15) is 0 Å². The SMILES string of the molecule is COCc1c(Br)cccc1NC(=O)[C@@H]1CCC[C@@H]1C(=O)O. The second kappa shape index (κ2) is 7.04. The number of halogens is 1. The van der Waals surface area contributed by atoms with E-state index in [-0.39, 0.29) is 5.91 Å². The fraction of sp³-hybridized carbons (Fsp3) is 0.467. The van der Waals surface area contributed by atoms with Gasteiger partial charge in [0.2, 0.25) is 5.91 Å². The molecule has 1 fully saturated rings. The Morgan fingerprint density at radius 1 is 1.38 bits per heavy atom. The monoisotopic (exact) mass is 355 g/mol. The van der Waals surface area contributed by atoms with E-state index in [2.05, 4.69) is 21.2 Å². The zero-order chi connectivity index (χ0) is 15.4. The highest BCUT2D eigenvalue weighted by Gasteiger charge is 2.37. The second-order valence-electron chi connectivity index (χ2n) is 5.17. The van der Waals surface area contributed by atoms with Gasteiger partial charge in [0.25, 0.3) is 0 Å². The summed E-state index contributed by atoms with van der Waals surface area (Å²) in [5, 5.41) is 12.0. The molecule has 0 unspecified atom stereocenters. The highest BCUT2D eigenvalue weighted by molar-refractivity contribution is 9.10. The van der Waals surface area contributed by atoms with E-state index in [1.807, 2.05) is 12.1 Å². The molecule has 1 aromatic rings. The topological polar surface area (TPSA) is 75.6 Å². The lowest BCUT2D eigenvalue weighted by atomic mass is 9.95. The molecule has 0 saturated heterocycles. The Bertz CT molecular complexity index is 546. The summed E-state index contributed by atoms with van der Waals surface area (Å²) in [7, 11) is 1.59. The largest absolute Gasteiger partial charge is 0.481 e. The molecule has 2 rings (SSSR count). The Hall–Kier alpha value is -1.40. The number of carbonyl (C=O) groups excluding carboxylic acids is 1. The molecule has 5 nitrogen and oxygen atoms in total. The van der Waals surface area contributed by atoms with Gasteiger partial charge in [-0.15, -0.1) is 0 Å². The molecular weight excluding hydrogens is 338 g/mol. The first-order chi connectivity index (χ1) is 10.0. The van der Waals surface area contributed by atoms with E-state index in [9.17, 15) is 14.7 Å². The summed E-state index contributed by atoms with van der Waals surface area (Å²) < 4.78 is 5.99. The number of benzene rings is 1. The van der Waals surface area contributed by atoms with Crippen LogP contribution in [-0.2, 0) is 20.9 Å². The van der Waals surface area contributed by atoms with Crippen LogP contribution in [0.2, 0.25) is 0 Å². The lowest BCUT2D eigenvalue weighted by Crippen LogP contribution is -2.30. The van der Waals surface area contributed by atoms with Crippen molar-refractivity contribution < 1.29 is 19.4 Å². The van der Waals surface area contributed by atoms with E-state index in [0.717, 1.165) is 16.5 Å². The number of anilines is 1. The number of hydrogen-bond acceptors (Lipinski definition) is 3. The average Bonchev–Trinajstić information content (AvgIpc) is 2.92. The third-order valence-electron chi connectivity index (χ3n) is 3.84. The number of aliphatic carboxylic acids is 1. The van der Waals surface area contributed by atoms with Crippen molar-refractivity contribution in [3.8, 4) is 0 Å². The molecule has 1 aliphatic carbocycles. The summed E-state index contributed by atoms with van der Waals surface area (Å²) in [6.45, 7) is 0.365. The molecule has 21 heavy (non-hydrogen) atoms. The molecule has 1 aromatic carbocycles. The summed E-state index contributed by atoms with van der Waals surface area (Å²) in [5.74, 6) is -2.16. The first-order valence-electron chi connectivity index (χ1n) is 6.84. The summed E-state index contributed by atoms with van der Waals surface area (Å²) in [5.41, 5.74) is 1.51. The Labute approximate surface area is 131 Å². The number of carbonyl (C=O) groups is 2. The number of ether oxygens (including phenoxy) is 1. The van der Waals surface area contributed by atoms with E-state index < -0.39 is 17.8 Å². The van der Waals surface area contributed by atoms with Crippen LogP contribution in [0.15, 0.2) is 22.7 Å². The predicted molar refractivity (Wildman–Crippen MR) is 82.0 cm³/mol. The number of rotatable bonds is 5. The fourth-order valence-corrected chi connectivity index (χ4v) is 3.24. The van der Waals surface area contributed by atoms with Crippen LogP contribution < -0.4 is 5.32 Å². The Morgan fingerprint density at radius 2 is 2.10 bits per heavy atom. The molecule has 0 bridgehead atoms. The van der Waals surface area contributed by atoms with Crippen molar-refractivity contribution in [1.29, 1.82) is 0 Å². The van der Waals surface area contributed by atoms with Gasteiger partial charge in [0, 0.05) is 22.8 Å². The lowest BCUT2D eigenvalue weighted by Gasteiger charge is -2.18. The van der Waals surface area contributed by atoms with Crippen molar-refractivity contribution in [2.75, 3.05) is 12.4 Å². The van der Waals surface area contributed by atoms with Crippen LogP contribution in [0.5, 0.6) is 0 Å². The van der Waals surface area contributed by atoms with E-state index in [1.165, 1.54) is 0 Å². The van der Waals surface area contributed by atoms with Crippen molar-refractivity contribution in [3.63, 3.8) is 0 Å². The molecule has 0 radical (unpaired) electrons. The van der Waals surface area contributed by atoms with Crippen LogP contribution in [0, 0.1) is 11.8 Å². The number of carboxylic acid groups (broad SMARTS) is 1. The molecule has 1 saturated carbocycles. The quantitative estimate of drug-likeness (QED) is 0.850. The molecule has 1 amide bonds. The van der Waals surface area contributed by atoms with Gasteiger partial charge >= 0.3 is 5.97 Å². The van der Waals surface area contributed by atoms with Gasteiger partial charge in [-0.05, 0) is 25.0 Å². The summed E-state index contributed by atoms with van der Waals surface area (Å²) >= 11 is 3.43. The van der Waals surface area contributed by atoms with Crippen molar-refractivity contribution >= 4 is 33.5 Å². The smallest absolute Gasteiger partial charge is 0.307 e. The fourth-order valence-electron chi connectivity index (χ4n) is 2.76. The maximum Gasteiger partial charge on any atom is 0.307 e. The molecule has 114 valence electrons. The van der Waals surface area contributed by atoms with Gasteiger partial charge in [-0.1, -0.05) is 28.4 Å². The standard InChI is InChI=1S/C15H18BrNO4/c1-21-8-11-12(16)6-3-7-13(11)17-14(18)9-4-2-5-10(9)15(19)20/h3,6-7,9-10H,2,4-5,8H2,1H3,(H,17,18)(H,19,20)/t9-,10+/m1/s1. The molecule has 0 aromatic heterocycles. The van der Waals surface area contributed by atoms with Crippen LogP contribution in [-0.4, -0.2) is 24.1 Å². The van der Waals surface area contributed by atoms with Crippen LogP contribution in [0.25, 0.3) is 0 Å². The highest BCUT2D eigenvalue weighted by atomic mass is 79.9. The molecule has 6 heteroatoms. The Kier molecular flexibility index (Phi) is 5.36. The third-order valence-corrected chi connectivity index (χ3v) is 4.58. The lowest BCUT2D eigenvalue weighted by molar-refractivity contribution is -0.145. The first-order valence-corrected chi connectivity index (χ1v) is 7.64. The summed E-state index contributed by atoms with van der Waals surface area (Å²) in [6, 6.07) is 5.49. The number of carboxylic acids is 1. The van der Waals surface area contributed by atoms with Crippen molar-refractivity contribution in [2.24, 2.45) is 11.8 Å². The van der Waals surface area contributed by atoms with Crippen LogP contribution in [0.1, 0.15) is 24.8 Å².